The van der Waals surface area contributed by atoms with E-state index in [-0.39, 0.29) is 11.8 Å². The van der Waals surface area contributed by atoms with Crippen molar-refractivity contribution in [2.75, 3.05) is 17.3 Å². The molecule has 3 rings (SSSR count). The largest absolute Gasteiger partial charge is 0.326 e. The maximum atomic E-state index is 12.0. The van der Waals surface area contributed by atoms with Crippen LogP contribution in [-0.2, 0) is 22.4 Å². The number of carbonyl (C=O) groups excluding carboxylic acids is 2. The molecule has 0 saturated carbocycles. The van der Waals surface area contributed by atoms with E-state index in [0.717, 1.165) is 29.8 Å². The number of carbonyl (C=O) groups is 2. The quantitative estimate of drug-likeness (QED) is 0.942. The highest BCUT2D eigenvalue weighted by Crippen LogP contribution is 2.29. The van der Waals surface area contributed by atoms with E-state index in [0.29, 0.717) is 12.8 Å². The normalized spacial score (nSPS) is 13.9. The van der Waals surface area contributed by atoms with E-state index in [4.69, 9.17) is 0 Å². The van der Waals surface area contributed by atoms with Gasteiger partial charge in [0.05, 0.1) is 0 Å². The molecule has 5 heteroatoms. The number of aryl methyl sites for hydroxylation is 2. The van der Waals surface area contributed by atoms with Gasteiger partial charge in [-0.1, -0.05) is 0 Å². The second-order valence-corrected chi connectivity index (χ2v) is 6.26. The molecule has 0 saturated heterocycles. The molecule has 114 valence electrons. The highest BCUT2D eigenvalue weighted by Gasteiger charge is 2.20. The molecule has 0 bridgehead atoms. The van der Waals surface area contributed by atoms with Crippen LogP contribution in [0.5, 0.6) is 0 Å². The van der Waals surface area contributed by atoms with Crippen LogP contribution in [0.3, 0.4) is 0 Å². The van der Waals surface area contributed by atoms with Crippen molar-refractivity contribution in [1.82, 2.24) is 0 Å². The summed E-state index contributed by atoms with van der Waals surface area (Å²) in [5.74, 6) is 0.159. The first-order valence-electron chi connectivity index (χ1n) is 7.34. The van der Waals surface area contributed by atoms with E-state index < -0.39 is 0 Å². The van der Waals surface area contributed by atoms with Gasteiger partial charge in [-0.3, -0.25) is 9.59 Å². The van der Waals surface area contributed by atoms with Crippen LogP contribution >= 0.6 is 11.3 Å². The first kappa shape index (κ1) is 14.8. The first-order valence-corrected chi connectivity index (χ1v) is 8.28. The first-order chi connectivity index (χ1) is 10.6. The van der Waals surface area contributed by atoms with Gasteiger partial charge in [0.25, 0.3) is 0 Å². The fourth-order valence-electron chi connectivity index (χ4n) is 2.65. The molecule has 0 radical (unpaired) electrons. The molecule has 1 aliphatic rings. The molecule has 2 amide bonds. The summed E-state index contributed by atoms with van der Waals surface area (Å²) in [4.78, 5) is 25.4. The van der Waals surface area contributed by atoms with Gasteiger partial charge in [0, 0.05) is 31.3 Å². The number of rotatable bonds is 4. The monoisotopic (exact) mass is 314 g/mol. The van der Waals surface area contributed by atoms with Crippen molar-refractivity contribution in [3.63, 3.8) is 0 Å². The van der Waals surface area contributed by atoms with Gasteiger partial charge in [-0.2, -0.15) is 11.3 Å². The summed E-state index contributed by atoms with van der Waals surface area (Å²) in [6.07, 6.45) is 2.50. The zero-order valence-corrected chi connectivity index (χ0v) is 13.3. The molecule has 4 nitrogen and oxygen atoms in total. The number of anilines is 2. The lowest BCUT2D eigenvalue weighted by Crippen LogP contribution is -2.31. The van der Waals surface area contributed by atoms with E-state index in [2.05, 4.69) is 10.7 Å². The van der Waals surface area contributed by atoms with Crippen LogP contribution in [0, 0.1) is 0 Å². The Kier molecular flexibility index (Phi) is 4.24. The van der Waals surface area contributed by atoms with Crippen LogP contribution in [0.1, 0.15) is 24.0 Å². The Hall–Kier alpha value is -2.14. The van der Waals surface area contributed by atoms with Crippen molar-refractivity contribution in [2.24, 2.45) is 0 Å². The lowest BCUT2D eigenvalue weighted by Gasteiger charge is -2.26. The highest BCUT2D eigenvalue weighted by molar-refractivity contribution is 7.07. The molecule has 2 aromatic rings. The van der Waals surface area contributed by atoms with Crippen LogP contribution in [-0.4, -0.2) is 18.9 Å². The van der Waals surface area contributed by atoms with Crippen molar-refractivity contribution in [3.05, 3.63) is 46.2 Å². The van der Waals surface area contributed by atoms with Gasteiger partial charge >= 0.3 is 0 Å². The van der Waals surface area contributed by atoms with Crippen LogP contribution in [0.15, 0.2) is 35.0 Å². The van der Waals surface area contributed by atoms with Gasteiger partial charge < -0.3 is 10.2 Å². The average Bonchev–Trinajstić information content (AvgIpc) is 3.02. The zero-order valence-electron chi connectivity index (χ0n) is 12.5. The van der Waals surface area contributed by atoms with E-state index in [1.165, 1.54) is 5.56 Å². The summed E-state index contributed by atoms with van der Waals surface area (Å²) >= 11 is 1.65. The van der Waals surface area contributed by atoms with Crippen LogP contribution in [0.4, 0.5) is 11.4 Å². The average molecular weight is 314 g/mol. The fourth-order valence-corrected chi connectivity index (χ4v) is 3.35. The third-order valence-electron chi connectivity index (χ3n) is 3.93. The minimum absolute atomic E-state index is 0.0198. The topological polar surface area (TPSA) is 49.4 Å². The lowest BCUT2D eigenvalue weighted by atomic mass is 10.0. The summed E-state index contributed by atoms with van der Waals surface area (Å²) in [6, 6.07) is 7.78. The van der Waals surface area contributed by atoms with Crippen LogP contribution < -0.4 is 10.2 Å². The second kappa shape index (κ2) is 6.32. The number of amides is 2. The highest BCUT2D eigenvalue weighted by atomic mass is 32.1. The van der Waals surface area contributed by atoms with Gasteiger partial charge in [0.15, 0.2) is 0 Å². The standard InChI is InChI=1S/C17H18N2O2S/c1-19-15-5-4-14(10-13(15)3-7-17(19)21)18-16(20)6-2-12-8-9-22-11-12/h4-5,8-11H,2-3,6-7H2,1H3,(H,18,20). The molecule has 0 aliphatic carbocycles. The van der Waals surface area contributed by atoms with Gasteiger partial charge in [0.2, 0.25) is 11.8 Å². The smallest absolute Gasteiger partial charge is 0.227 e. The Morgan fingerprint density at radius 3 is 2.95 bits per heavy atom. The fraction of sp³-hybridized carbons (Fsp3) is 0.294. The van der Waals surface area contributed by atoms with Crippen molar-refractivity contribution in [1.29, 1.82) is 0 Å². The third kappa shape index (κ3) is 3.20. The van der Waals surface area contributed by atoms with E-state index >= 15 is 0 Å². The maximum Gasteiger partial charge on any atom is 0.227 e. The summed E-state index contributed by atoms with van der Waals surface area (Å²) in [7, 11) is 1.79. The molecular formula is C17H18N2O2S. The lowest BCUT2D eigenvalue weighted by molar-refractivity contribution is -0.118. The SMILES string of the molecule is CN1C(=O)CCc2cc(NC(=O)CCc3ccsc3)ccc21. The zero-order chi connectivity index (χ0) is 15.5. The Balaban J connectivity index is 1.63. The molecule has 0 atom stereocenters. The molecule has 0 unspecified atom stereocenters. The molecule has 1 aliphatic heterocycles. The summed E-state index contributed by atoms with van der Waals surface area (Å²) in [6.45, 7) is 0. The number of hydrogen-bond acceptors (Lipinski definition) is 3. The number of benzene rings is 1. The number of hydrogen-bond donors (Lipinski definition) is 1. The summed E-state index contributed by atoms with van der Waals surface area (Å²) in [5, 5.41) is 7.03. The molecule has 2 heterocycles. The van der Waals surface area contributed by atoms with Gasteiger partial charge in [-0.05, 0) is 59.0 Å². The number of fused-ring (bicyclic) bond motifs is 1. The molecule has 1 aromatic heterocycles. The van der Waals surface area contributed by atoms with E-state index in [1.54, 1.807) is 23.3 Å². The molecule has 0 spiro atoms. The van der Waals surface area contributed by atoms with Crippen molar-refractivity contribution in [2.45, 2.75) is 25.7 Å². The summed E-state index contributed by atoms with van der Waals surface area (Å²) < 4.78 is 0. The van der Waals surface area contributed by atoms with Crippen molar-refractivity contribution < 1.29 is 9.59 Å². The molecule has 1 N–H and O–H groups in total. The van der Waals surface area contributed by atoms with Crippen molar-refractivity contribution >= 4 is 34.5 Å². The molecular weight excluding hydrogens is 296 g/mol. The predicted molar refractivity (Wildman–Crippen MR) is 89.4 cm³/mol. The summed E-state index contributed by atoms with van der Waals surface area (Å²) in [5.41, 5.74) is 4.05. The molecule has 0 fully saturated rings. The maximum absolute atomic E-state index is 12.0. The molecule has 22 heavy (non-hydrogen) atoms. The van der Waals surface area contributed by atoms with Crippen LogP contribution in [0.2, 0.25) is 0 Å². The van der Waals surface area contributed by atoms with E-state index in [1.807, 2.05) is 29.6 Å². The second-order valence-electron chi connectivity index (χ2n) is 5.48. The van der Waals surface area contributed by atoms with Crippen LogP contribution in [0.25, 0.3) is 0 Å². The predicted octanol–water partition coefficient (Wildman–Crippen LogP) is 3.23. The minimum atomic E-state index is 0.0198. The van der Waals surface area contributed by atoms with Crippen molar-refractivity contribution in [3.8, 4) is 0 Å². The van der Waals surface area contributed by atoms with E-state index in [9.17, 15) is 9.59 Å². The molecule has 1 aromatic carbocycles. The number of nitrogens with zero attached hydrogens (tertiary/aromatic N) is 1. The number of thiophene rings is 1. The number of nitrogens with one attached hydrogen (secondary N) is 1. The Bertz CT molecular complexity index is 695. The Labute approximate surface area is 133 Å². The van der Waals surface area contributed by atoms with Gasteiger partial charge in [-0.15, -0.1) is 0 Å². The minimum Gasteiger partial charge on any atom is -0.326 e. The Morgan fingerprint density at radius 1 is 1.32 bits per heavy atom. The Morgan fingerprint density at radius 2 is 2.18 bits per heavy atom. The van der Waals surface area contributed by atoms with Gasteiger partial charge in [-0.25, -0.2) is 0 Å². The van der Waals surface area contributed by atoms with Gasteiger partial charge in [0.1, 0.15) is 0 Å². The third-order valence-corrected chi connectivity index (χ3v) is 4.66.